The molecule has 142 valence electrons. The summed E-state index contributed by atoms with van der Waals surface area (Å²) in [5.74, 6) is 0.844. The Bertz CT molecular complexity index is 791. The summed E-state index contributed by atoms with van der Waals surface area (Å²) < 4.78 is 11.0. The van der Waals surface area contributed by atoms with Crippen LogP contribution in [0.25, 0.3) is 0 Å². The molecular weight excluding hydrogens is 342 g/mol. The van der Waals surface area contributed by atoms with Gasteiger partial charge in [0.25, 0.3) is 5.91 Å². The molecule has 0 bridgehead atoms. The first-order valence-corrected chi connectivity index (χ1v) is 9.50. The van der Waals surface area contributed by atoms with Crippen LogP contribution in [0, 0.1) is 0 Å². The summed E-state index contributed by atoms with van der Waals surface area (Å²) >= 11 is 0. The first kappa shape index (κ1) is 17.8. The van der Waals surface area contributed by atoms with Crippen molar-refractivity contribution in [3.8, 4) is 5.75 Å². The second-order valence-corrected chi connectivity index (χ2v) is 6.90. The van der Waals surface area contributed by atoms with E-state index in [2.05, 4.69) is 9.88 Å². The van der Waals surface area contributed by atoms with E-state index in [0.717, 1.165) is 49.6 Å². The molecule has 1 aromatic carbocycles. The summed E-state index contributed by atoms with van der Waals surface area (Å²) in [5.41, 5.74) is 2.62. The third-order valence-electron chi connectivity index (χ3n) is 5.32. The number of carbonyl (C=O) groups is 1. The Hall–Kier alpha value is -2.60. The van der Waals surface area contributed by atoms with Crippen molar-refractivity contribution < 1.29 is 14.3 Å². The molecule has 1 unspecified atom stereocenters. The van der Waals surface area contributed by atoms with Gasteiger partial charge in [-0.15, -0.1) is 0 Å². The lowest BCUT2D eigenvalue weighted by Crippen LogP contribution is -2.37. The molecule has 4 rings (SSSR count). The van der Waals surface area contributed by atoms with Gasteiger partial charge in [0, 0.05) is 31.4 Å². The summed E-state index contributed by atoms with van der Waals surface area (Å²) in [6.07, 6.45) is 3.74. The minimum Gasteiger partial charge on any atom is -0.495 e. The summed E-state index contributed by atoms with van der Waals surface area (Å²) in [5, 5.41) is 0. The van der Waals surface area contributed by atoms with Gasteiger partial charge in [0.1, 0.15) is 5.75 Å². The first-order chi connectivity index (χ1) is 13.3. The van der Waals surface area contributed by atoms with Crippen molar-refractivity contribution in [2.24, 2.45) is 0 Å². The fourth-order valence-electron chi connectivity index (χ4n) is 3.93. The number of methoxy groups -OCH3 is 1. The number of ether oxygens (including phenoxy) is 2. The van der Waals surface area contributed by atoms with Crippen LogP contribution in [-0.4, -0.2) is 55.7 Å². The number of rotatable bonds is 4. The number of hydrogen-bond acceptors (Lipinski definition) is 5. The van der Waals surface area contributed by atoms with Crippen LogP contribution in [0.3, 0.4) is 0 Å². The number of hydrogen-bond donors (Lipinski definition) is 0. The second kappa shape index (κ2) is 7.96. The van der Waals surface area contributed by atoms with Crippen molar-refractivity contribution in [3.05, 3.63) is 53.9 Å². The predicted molar refractivity (Wildman–Crippen MR) is 103 cm³/mol. The molecule has 27 heavy (non-hydrogen) atoms. The Kier molecular flexibility index (Phi) is 5.25. The van der Waals surface area contributed by atoms with Crippen molar-refractivity contribution >= 4 is 11.6 Å². The maximum atomic E-state index is 13.3. The zero-order chi connectivity index (χ0) is 18.6. The van der Waals surface area contributed by atoms with E-state index >= 15 is 0 Å². The minimum atomic E-state index is 0.0487. The van der Waals surface area contributed by atoms with Crippen LogP contribution in [0.15, 0.2) is 42.6 Å². The summed E-state index contributed by atoms with van der Waals surface area (Å²) in [7, 11) is 1.67. The molecule has 1 atom stereocenters. The molecule has 2 aromatic rings. The highest BCUT2D eigenvalue weighted by atomic mass is 16.5. The highest BCUT2D eigenvalue weighted by Crippen LogP contribution is 2.34. The summed E-state index contributed by atoms with van der Waals surface area (Å²) in [6, 6.07) is 11.6. The molecule has 2 saturated heterocycles. The lowest BCUT2D eigenvalue weighted by Gasteiger charge is -2.31. The van der Waals surface area contributed by atoms with Crippen LogP contribution in [0.1, 0.15) is 34.9 Å². The van der Waals surface area contributed by atoms with Crippen molar-refractivity contribution in [2.45, 2.75) is 18.9 Å². The van der Waals surface area contributed by atoms with Gasteiger partial charge >= 0.3 is 0 Å². The molecule has 1 amide bonds. The van der Waals surface area contributed by atoms with Gasteiger partial charge in [-0.1, -0.05) is 6.07 Å². The number of nitrogens with zero attached hydrogens (tertiary/aromatic N) is 3. The molecule has 6 nitrogen and oxygen atoms in total. The van der Waals surface area contributed by atoms with E-state index < -0.39 is 0 Å². The normalized spacial score (nSPS) is 20.0. The van der Waals surface area contributed by atoms with Gasteiger partial charge in [-0.25, -0.2) is 0 Å². The topological polar surface area (TPSA) is 54.9 Å². The van der Waals surface area contributed by atoms with Crippen LogP contribution in [0.5, 0.6) is 5.75 Å². The molecule has 3 heterocycles. The smallest absolute Gasteiger partial charge is 0.254 e. The van der Waals surface area contributed by atoms with E-state index in [1.807, 2.05) is 41.3 Å². The van der Waals surface area contributed by atoms with Crippen LogP contribution in [0.2, 0.25) is 0 Å². The maximum Gasteiger partial charge on any atom is 0.254 e. The van der Waals surface area contributed by atoms with E-state index in [4.69, 9.17) is 9.47 Å². The lowest BCUT2D eigenvalue weighted by molar-refractivity contribution is 0.0733. The van der Waals surface area contributed by atoms with E-state index in [9.17, 15) is 4.79 Å². The quantitative estimate of drug-likeness (QED) is 0.832. The van der Waals surface area contributed by atoms with Gasteiger partial charge < -0.3 is 19.3 Å². The molecule has 2 fully saturated rings. The largest absolute Gasteiger partial charge is 0.495 e. The van der Waals surface area contributed by atoms with Gasteiger partial charge in [-0.3, -0.25) is 9.78 Å². The molecule has 6 heteroatoms. The standard InChI is InChI=1S/C21H25N3O3/c1-26-20-8-7-16(15-19(20)23-11-13-27-14-12-23)21(25)24-10-4-6-18(24)17-5-2-3-9-22-17/h2-3,5,7-9,15,18H,4,6,10-14H2,1H3. The Morgan fingerprint density at radius 1 is 1.19 bits per heavy atom. The fraction of sp³-hybridized carbons (Fsp3) is 0.429. The third kappa shape index (κ3) is 3.62. The number of morpholine rings is 1. The lowest BCUT2D eigenvalue weighted by atomic mass is 10.1. The van der Waals surface area contributed by atoms with E-state index in [0.29, 0.717) is 18.8 Å². The number of amides is 1. The zero-order valence-electron chi connectivity index (χ0n) is 15.6. The summed E-state index contributed by atoms with van der Waals surface area (Å²) in [4.78, 5) is 21.9. The van der Waals surface area contributed by atoms with Crippen LogP contribution >= 0.6 is 0 Å². The van der Waals surface area contributed by atoms with Gasteiger partial charge in [-0.05, 0) is 43.2 Å². The number of pyridine rings is 1. The molecule has 2 aliphatic rings. The van der Waals surface area contributed by atoms with Gasteiger partial charge in [0.2, 0.25) is 0 Å². The number of anilines is 1. The van der Waals surface area contributed by atoms with Gasteiger partial charge in [-0.2, -0.15) is 0 Å². The van der Waals surface area contributed by atoms with E-state index in [1.165, 1.54) is 0 Å². The Labute approximate surface area is 159 Å². The minimum absolute atomic E-state index is 0.0487. The third-order valence-corrected chi connectivity index (χ3v) is 5.32. The van der Waals surface area contributed by atoms with E-state index in [-0.39, 0.29) is 11.9 Å². The van der Waals surface area contributed by atoms with Crippen molar-refractivity contribution in [2.75, 3.05) is 44.9 Å². The number of aromatic nitrogens is 1. The Balaban J connectivity index is 1.61. The van der Waals surface area contributed by atoms with Gasteiger partial charge in [0.05, 0.1) is 37.7 Å². The number of carbonyl (C=O) groups excluding carboxylic acids is 1. The molecular formula is C21H25N3O3. The molecule has 0 aliphatic carbocycles. The summed E-state index contributed by atoms with van der Waals surface area (Å²) in [6.45, 7) is 3.74. The molecule has 0 saturated carbocycles. The molecule has 0 radical (unpaired) electrons. The van der Waals surface area contributed by atoms with Gasteiger partial charge in [0.15, 0.2) is 0 Å². The predicted octanol–water partition coefficient (Wildman–Crippen LogP) is 2.90. The first-order valence-electron chi connectivity index (χ1n) is 9.50. The average molecular weight is 367 g/mol. The van der Waals surface area contributed by atoms with E-state index in [1.54, 1.807) is 13.3 Å². The van der Waals surface area contributed by atoms with Crippen LogP contribution in [0.4, 0.5) is 5.69 Å². The Morgan fingerprint density at radius 3 is 2.78 bits per heavy atom. The van der Waals surface area contributed by atoms with Crippen LogP contribution < -0.4 is 9.64 Å². The molecule has 1 aromatic heterocycles. The molecule has 0 spiro atoms. The highest BCUT2D eigenvalue weighted by Gasteiger charge is 2.32. The molecule has 2 aliphatic heterocycles. The number of benzene rings is 1. The second-order valence-electron chi connectivity index (χ2n) is 6.90. The zero-order valence-corrected chi connectivity index (χ0v) is 15.6. The highest BCUT2D eigenvalue weighted by molar-refractivity contribution is 5.96. The Morgan fingerprint density at radius 2 is 2.04 bits per heavy atom. The van der Waals surface area contributed by atoms with Crippen LogP contribution in [-0.2, 0) is 4.74 Å². The average Bonchev–Trinajstić information content (AvgIpc) is 3.24. The van der Waals surface area contributed by atoms with Crippen molar-refractivity contribution in [1.82, 2.24) is 9.88 Å². The maximum absolute atomic E-state index is 13.3. The SMILES string of the molecule is COc1ccc(C(=O)N2CCCC2c2ccccn2)cc1N1CCOCC1. The molecule has 0 N–H and O–H groups in total. The number of likely N-dealkylation sites (tertiary alicyclic amines) is 1. The monoisotopic (exact) mass is 367 g/mol. The fourth-order valence-corrected chi connectivity index (χ4v) is 3.93. The van der Waals surface area contributed by atoms with Crippen molar-refractivity contribution in [1.29, 1.82) is 0 Å². The van der Waals surface area contributed by atoms with Crippen molar-refractivity contribution in [3.63, 3.8) is 0 Å².